The molecule has 0 radical (unpaired) electrons. The monoisotopic (exact) mass is 446 g/mol. The lowest BCUT2D eigenvalue weighted by Gasteiger charge is -2.44. The van der Waals surface area contributed by atoms with Crippen molar-refractivity contribution in [3.8, 4) is 0 Å². The van der Waals surface area contributed by atoms with E-state index in [1.165, 1.54) is 31.3 Å². The second-order valence-corrected chi connectivity index (χ2v) is 10.9. The molecule has 0 amide bonds. The van der Waals surface area contributed by atoms with Gasteiger partial charge in [0, 0.05) is 13.0 Å². The highest BCUT2D eigenvalue weighted by Crippen LogP contribution is 2.58. The number of fused-ring (bicyclic) bond motifs is 1. The molecule has 4 nitrogen and oxygen atoms in total. The zero-order valence-electron chi connectivity index (χ0n) is 20.8. The van der Waals surface area contributed by atoms with E-state index in [0.717, 1.165) is 30.4 Å². The van der Waals surface area contributed by atoms with Gasteiger partial charge in [0.1, 0.15) is 0 Å². The molecule has 3 aliphatic rings. The Balaban J connectivity index is 1.67. The van der Waals surface area contributed by atoms with Crippen molar-refractivity contribution in [2.75, 3.05) is 6.61 Å². The first kappa shape index (κ1) is 25.7. The molecule has 0 unspecified atom stereocenters. The molecule has 3 rings (SSSR count). The fourth-order valence-corrected chi connectivity index (χ4v) is 6.67. The van der Waals surface area contributed by atoms with Crippen LogP contribution >= 0.6 is 0 Å². The zero-order valence-corrected chi connectivity index (χ0v) is 20.8. The molecule has 4 heteroatoms. The summed E-state index contributed by atoms with van der Waals surface area (Å²) < 4.78 is 6.31. The Morgan fingerprint density at radius 2 is 1.94 bits per heavy atom. The van der Waals surface area contributed by atoms with Gasteiger partial charge in [-0.1, -0.05) is 45.1 Å². The molecule has 182 valence electrons. The van der Waals surface area contributed by atoms with Crippen LogP contribution in [-0.4, -0.2) is 45.8 Å². The summed E-state index contributed by atoms with van der Waals surface area (Å²) in [6, 6.07) is 0. The zero-order chi connectivity index (χ0) is 23.5. The Labute approximate surface area is 195 Å². The highest BCUT2D eigenvalue weighted by molar-refractivity contribution is 5.38. The van der Waals surface area contributed by atoms with Crippen LogP contribution in [0.4, 0.5) is 0 Å². The van der Waals surface area contributed by atoms with Gasteiger partial charge < -0.3 is 20.1 Å². The van der Waals surface area contributed by atoms with Crippen molar-refractivity contribution in [1.82, 2.24) is 0 Å². The molecular weight excluding hydrogens is 400 g/mol. The summed E-state index contributed by atoms with van der Waals surface area (Å²) in [5, 5.41) is 30.8. The van der Waals surface area contributed by atoms with Crippen molar-refractivity contribution >= 4 is 0 Å². The van der Waals surface area contributed by atoms with Crippen molar-refractivity contribution in [2.24, 2.45) is 17.3 Å². The fourth-order valence-electron chi connectivity index (χ4n) is 6.67. The van der Waals surface area contributed by atoms with Crippen molar-refractivity contribution in [3.63, 3.8) is 0 Å². The van der Waals surface area contributed by atoms with E-state index >= 15 is 0 Å². The van der Waals surface area contributed by atoms with Gasteiger partial charge in [-0.05, 0) is 93.1 Å². The van der Waals surface area contributed by atoms with Crippen LogP contribution in [-0.2, 0) is 4.74 Å². The summed E-state index contributed by atoms with van der Waals surface area (Å²) in [4.78, 5) is 0. The van der Waals surface area contributed by atoms with Crippen LogP contribution in [0.25, 0.3) is 0 Å². The second kappa shape index (κ2) is 10.5. The minimum atomic E-state index is -0.632. The van der Waals surface area contributed by atoms with E-state index < -0.39 is 17.8 Å². The SMILES string of the molecule is C=C1/C(=C\C=C2CCC[C@]3(C)[C@@H]([C@@H](C)OCCC(O)(CC)CC)CC[C@@H]23)C[C@@H](O)C[C@@H]1O. The lowest BCUT2D eigenvalue weighted by Crippen LogP contribution is -2.39. The molecule has 0 aromatic carbocycles. The third kappa shape index (κ3) is 5.41. The summed E-state index contributed by atoms with van der Waals surface area (Å²) in [5.41, 5.74) is 2.91. The summed E-state index contributed by atoms with van der Waals surface area (Å²) in [7, 11) is 0. The van der Waals surface area contributed by atoms with Gasteiger partial charge in [-0.2, -0.15) is 0 Å². The lowest BCUT2D eigenvalue weighted by atomic mass is 9.62. The first-order chi connectivity index (χ1) is 15.1. The molecule has 0 aromatic heterocycles. The van der Waals surface area contributed by atoms with Crippen molar-refractivity contribution < 1.29 is 20.1 Å². The van der Waals surface area contributed by atoms with Gasteiger partial charge in [0.2, 0.25) is 0 Å². The van der Waals surface area contributed by atoms with Crippen molar-refractivity contribution in [3.05, 3.63) is 35.5 Å². The predicted molar refractivity (Wildman–Crippen MR) is 130 cm³/mol. The first-order valence-electron chi connectivity index (χ1n) is 12.9. The molecule has 0 saturated heterocycles. The van der Waals surface area contributed by atoms with Crippen molar-refractivity contribution in [2.45, 2.75) is 116 Å². The number of ether oxygens (including phenoxy) is 1. The number of aliphatic hydroxyl groups excluding tert-OH is 2. The molecule has 6 atom stereocenters. The summed E-state index contributed by atoms with van der Waals surface area (Å²) >= 11 is 0. The van der Waals surface area contributed by atoms with Crippen LogP contribution in [0, 0.1) is 17.3 Å². The molecule has 3 fully saturated rings. The summed E-state index contributed by atoms with van der Waals surface area (Å²) in [5.74, 6) is 1.10. The minimum absolute atomic E-state index is 0.198. The maximum absolute atomic E-state index is 10.6. The summed E-state index contributed by atoms with van der Waals surface area (Å²) in [6.07, 6.45) is 12.6. The molecule has 0 aliphatic heterocycles. The van der Waals surface area contributed by atoms with Crippen LogP contribution in [0.2, 0.25) is 0 Å². The van der Waals surface area contributed by atoms with Crippen LogP contribution in [0.5, 0.6) is 0 Å². The molecule has 3 aliphatic carbocycles. The van der Waals surface area contributed by atoms with Gasteiger partial charge in [0.05, 0.1) is 23.9 Å². The molecule has 0 heterocycles. The standard InChI is InChI=1S/C28H46O4/c1-6-28(31,7-2)15-16-32-20(4)24-12-13-25-21(9-8-14-27(24,25)5)10-11-22-17-23(29)18-26(30)19(22)3/h10-11,20,23-26,29-31H,3,6-9,12-18H2,1-2,4-5H3/b21-10?,22-11-/t20-,23-,24-,25+,26+,27-/m1/s1. The van der Waals surface area contributed by atoms with E-state index in [-0.39, 0.29) is 11.5 Å². The topological polar surface area (TPSA) is 69.9 Å². The highest BCUT2D eigenvalue weighted by Gasteiger charge is 2.51. The maximum Gasteiger partial charge on any atom is 0.0811 e. The second-order valence-electron chi connectivity index (χ2n) is 10.9. The maximum atomic E-state index is 10.6. The third-order valence-electron chi connectivity index (χ3n) is 9.13. The summed E-state index contributed by atoms with van der Waals surface area (Å²) in [6.45, 7) is 13.5. The van der Waals surface area contributed by atoms with E-state index in [1.807, 2.05) is 13.8 Å². The van der Waals surface area contributed by atoms with Gasteiger partial charge >= 0.3 is 0 Å². The fraction of sp³-hybridized carbons (Fsp3) is 0.786. The van der Waals surface area contributed by atoms with Gasteiger partial charge in [0.15, 0.2) is 0 Å². The van der Waals surface area contributed by atoms with Crippen LogP contribution < -0.4 is 0 Å². The molecular formula is C28H46O4. The van der Waals surface area contributed by atoms with Crippen molar-refractivity contribution in [1.29, 1.82) is 0 Å². The average molecular weight is 447 g/mol. The number of aliphatic hydroxyl groups is 3. The molecule has 0 aromatic rings. The molecule has 3 N–H and O–H groups in total. The van der Waals surface area contributed by atoms with E-state index in [9.17, 15) is 15.3 Å². The number of rotatable bonds is 8. The minimum Gasteiger partial charge on any atom is -0.393 e. The van der Waals surface area contributed by atoms with Crippen LogP contribution in [0.3, 0.4) is 0 Å². The van der Waals surface area contributed by atoms with Crippen LogP contribution in [0.15, 0.2) is 35.5 Å². The Bertz CT molecular complexity index is 719. The van der Waals surface area contributed by atoms with Gasteiger partial charge in [-0.3, -0.25) is 0 Å². The van der Waals surface area contributed by atoms with E-state index in [1.54, 1.807) is 0 Å². The number of hydrogen-bond acceptors (Lipinski definition) is 4. The third-order valence-corrected chi connectivity index (χ3v) is 9.13. The Hall–Kier alpha value is -0.940. The lowest BCUT2D eigenvalue weighted by molar-refractivity contribution is -0.0559. The first-order valence-corrected chi connectivity index (χ1v) is 12.9. The molecule has 32 heavy (non-hydrogen) atoms. The smallest absolute Gasteiger partial charge is 0.0811 e. The Morgan fingerprint density at radius 3 is 2.62 bits per heavy atom. The van der Waals surface area contributed by atoms with Gasteiger partial charge in [-0.25, -0.2) is 0 Å². The normalized spacial score (nSPS) is 37.2. The van der Waals surface area contributed by atoms with E-state index in [2.05, 4.69) is 32.6 Å². The largest absolute Gasteiger partial charge is 0.393 e. The van der Waals surface area contributed by atoms with Gasteiger partial charge in [-0.15, -0.1) is 0 Å². The average Bonchev–Trinajstić information content (AvgIpc) is 3.12. The quantitative estimate of drug-likeness (QED) is 0.462. The molecule has 0 spiro atoms. The van der Waals surface area contributed by atoms with E-state index in [4.69, 9.17) is 4.74 Å². The molecule has 0 bridgehead atoms. The van der Waals surface area contributed by atoms with Crippen LogP contribution in [0.1, 0.15) is 91.9 Å². The highest BCUT2D eigenvalue weighted by atomic mass is 16.5. The number of hydrogen-bond donors (Lipinski definition) is 3. The van der Waals surface area contributed by atoms with Gasteiger partial charge in [0.25, 0.3) is 0 Å². The Kier molecular flexibility index (Phi) is 8.46. The van der Waals surface area contributed by atoms with E-state index in [0.29, 0.717) is 37.7 Å². The molecule has 3 saturated carbocycles. The predicted octanol–water partition coefficient (Wildman–Crippen LogP) is 5.47. The number of allylic oxidation sites excluding steroid dienone is 3. The Morgan fingerprint density at radius 1 is 1.22 bits per heavy atom.